The number of carbonyl (C=O) groups is 7. The predicted molar refractivity (Wildman–Crippen MR) is 499 cm³/mol. The van der Waals surface area contributed by atoms with E-state index < -0.39 is 52.1 Å². The highest BCUT2D eigenvalue weighted by Crippen LogP contribution is 2.52. The third kappa shape index (κ3) is 36.9. The van der Waals surface area contributed by atoms with Crippen LogP contribution in [-0.4, -0.2) is 177 Å². The van der Waals surface area contributed by atoms with E-state index in [1.807, 2.05) is 104 Å². The van der Waals surface area contributed by atoms with Crippen molar-refractivity contribution in [3.8, 4) is 17.2 Å². The number of aliphatic hydroxyl groups excluding tert-OH is 6. The van der Waals surface area contributed by atoms with Crippen LogP contribution in [-0.2, 0) is 110 Å². The third-order valence-corrected chi connectivity index (χ3v) is 26.9. The maximum atomic E-state index is 12.6. The second kappa shape index (κ2) is 56.6. The van der Waals surface area contributed by atoms with E-state index in [-0.39, 0.29) is 104 Å². The van der Waals surface area contributed by atoms with Gasteiger partial charge < -0.3 is 85.6 Å². The van der Waals surface area contributed by atoms with Gasteiger partial charge in [0, 0.05) is 6.92 Å². The number of unbranched alkanes of at least 4 members (excludes halogenated alkanes) is 6. The van der Waals surface area contributed by atoms with Gasteiger partial charge in [0.2, 0.25) is 0 Å². The standard InChI is InChI=1S/C33H45NO6.C26H39NO6.C23H34O5.C10H13NO2.C7H8O3S.C4H8O2/c1-3-4-6-13-26(35)15-16-27-28-17-24-12-9-14-31(29(24)18-25(28)19-30(27)36)39-21-32(37)34-22(2)33(38)40-20-23-10-7-5-8-11-23;1-3-4-5-8-19(28)10-11-20-21-12-17-7-6-9-24(22(17)13-18(21)14-23(20)29)33-15-25(30)27-16(2)26(31)32;1-2-3-4-7-17(24)9-10-18-19-11-15-6-5-8-22(28-14-23(26)27)20(15)12-16(19)13-21(18)25;1-8(11)10(12)13-7-9-5-3-2-4-6-9;1-6-2-4-7(5-3-6)11(8,9)10;1-3-6-4(2)5/h5,7-12,14,22,25-28,30,35-36H,3-4,6,13,15-21H2,1-2H3,(H,34,37);6-7,9,16,18-21,23,28-29H,3-5,8,10-15H2,1-2H3,(H,27,30)(H,31,32);5-6,8,16-19,21,24-25H,2-4,7,9-14H2,1H3,(H,26,27);2-6,8H,7,11H2,1H3;2-5H,1H3,(H,8,9,10);3H2,1-2H3/t22?,25-,26-,27+,28-,30+;16?,18-,19-,20+,21-,23+;16-,17-,18+,19-,21+;8-;;/m0000../s1. The van der Waals surface area contributed by atoms with Crippen LogP contribution in [0.15, 0.2) is 144 Å². The largest absolute Gasteiger partial charge is 0.483 e. The maximum Gasteiger partial charge on any atom is 0.341 e. The molecule has 0 radical (unpaired) electrons. The third-order valence-electron chi connectivity index (χ3n) is 26.0. The number of aliphatic carboxylic acids is 2. The van der Waals surface area contributed by atoms with Crippen LogP contribution in [0, 0.1) is 60.2 Å². The van der Waals surface area contributed by atoms with Crippen LogP contribution in [0.1, 0.15) is 240 Å². The monoisotopic (exact) mass is 1840 g/mol. The van der Waals surface area contributed by atoms with Crippen LogP contribution in [0.2, 0.25) is 0 Å². The highest BCUT2D eigenvalue weighted by molar-refractivity contribution is 7.85. The number of hydrogen-bond donors (Lipinski definition) is 12. The summed E-state index contributed by atoms with van der Waals surface area (Å²) >= 11 is 0. The molecule has 6 aromatic carbocycles. The molecule has 2 unspecified atom stereocenters. The Labute approximate surface area is 774 Å². The van der Waals surface area contributed by atoms with Crippen molar-refractivity contribution in [2.24, 2.45) is 59.0 Å². The summed E-state index contributed by atoms with van der Waals surface area (Å²) in [4.78, 5) is 79.4. The van der Waals surface area contributed by atoms with Gasteiger partial charge in [0.05, 0.1) is 48.1 Å². The van der Waals surface area contributed by atoms with Gasteiger partial charge in [-0.1, -0.05) is 193 Å². The number of hydrogen-bond acceptors (Lipinski definition) is 22. The van der Waals surface area contributed by atoms with Gasteiger partial charge in [-0.05, 0) is 278 Å². The number of benzene rings is 6. The summed E-state index contributed by atoms with van der Waals surface area (Å²) in [6.45, 7) is 16.3. The molecule has 6 aliphatic carbocycles. The van der Waals surface area contributed by atoms with Gasteiger partial charge in [-0.25, -0.2) is 9.59 Å². The Morgan fingerprint density at radius 2 is 0.794 bits per heavy atom. The minimum atomic E-state index is -4.02. The van der Waals surface area contributed by atoms with Crippen LogP contribution < -0.4 is 30.6 Å². The average Bonchev–Trinajstić information content (AvgIpc) is 1.69. The number of esters is 3. The first kappa shape index (κ1) is 109. The zero-order valence-corrected chi connectivity index (χ0v) is 79.0. The van der Waals surface area contributed by atoms with Gasteiger partial charge in [0.1, 0.15) is 48.6 Å². The Bertz CT molecular complexity index is 4580. The first-order valence-electron chi connectivity index (χ1n) is 47.3. The summed E-state index contributed by atoms with van der Waals surface area (Å²) in [7, 11) is -4.02. The Kier molecular flexibility index (Phi) is 47.0. The number of carbonyl (C=O) groups excluding carboxylic acids is 5. The minimum Gasteiger partial charge on any atom is -0.483 e. The number of amides is 2. The Hall–Kier alpha value is -9.36. The Morgan fingerprint density at radius 1 is 0.443 bits per heavy atom. The van der Waals surface area contributed by atoms with E-state index >= 15 is 0 Å². The molecule has 0 saturated heterocycles. The summed E-state index contributed by atoms with van der Waals surface area (Å²) in [6.07, 6.45) is 23.1. The number of ether oxygens (including phenoxy) is 6. The number of aryl methyl sites for hydroxylation is 1. The molecule has 18 atom stereocenters. The van der Waals surface area contributed by atoms with E-state index in [9.17, 15) is 72.6 Å². The zero-order chi connectivity index (χ0) is 95.7. The van der Waals surface area contributed by atoms with Crippen LogP contribution in [0.3, 0.4) is 0 Å². The van der Waals surface area contributed by atoms with Gasteiger partial charge in [0.15, 0.2) is 19.8 Å². The molecule has 0 bridgehead atoms. The number of rotatable bonds is 41. The summed E-state index contributed by atoms with van der Waals surface area (Å²) in [5.74, 6) is 1.02. The van der Waals surface area contributed by atoms with Gasteiger partial charge in [-0.2, -0.15) is 8.42 Å². The van der Waals surface area contributed by atoms with Crippen molar-refractivity contribution < 1.29 is 116 Å². The molecular formula is C103H147N3O24S. The van der Waals surface area contributed by atoms with Crippen molar-refractivity contribution in [1.82, 2.24) is 10.6 Å². The number of carboxylic acid groups (broad SMARTS) is 2. The summed E-state index contributed by atoms with van der Waals surface area (Å²) in [5.41, 5.74) is 15.1. The summed E-state index contributed by atoms with van der Waals surface area (Å²) in [6, 6.07) is 40.3. The molecule has 0 aliphatic heterocycles. The topological polar surface area (TPSA) is 441 Å². The molecule has 6 aromatic rings. The molecule has 13 N–H and O–H groups in total. The van der Waals surface area contributed by atoms with E-state index in [1.54, 1.807) is 32.9 Å². The van der Waals surface area contributed by atoms with Gasteiger partial charge in [0.25, 0.3) is 21.9 Å². The van der Waals surface area contributed by atoms with Crippen LogP contribution in [0.25, 0.3) is 0 Å². The van der Waals surface area contributed by atoms with Crippen LogP contribution in [0.4, 0.5) is 0 Å². The lowest BCUT2D eigenvalue weighted by molar-refractivity contribution is -0.149. The van der Waals surface area contributed by atoms with Gasteiger partial charge in [-0.15, -0.1) is 0 Å². The second-order valence-corrected chi connectivity index (χ2v) is 37.5. The van der Waals surface area contributed by atoms with E-state index in [4.69, 9.17) is 44.2 Å². The van der Waals surface area contributed by atoms with Crippen molar-refractivity contribution in [1.29, 1.82) is 0 Å². The molecule has 27 nitrogen and oxygen atoms in total. The normalized spacial score (nSPS) is 21.8. The molecule has 131 heavy (non-hydrogen) atoms. The van der Waals surface area contributed by atoms with Gasteiger partial charge >= 0.3 is 29.8 Å². The maximum absolute atomic E-state index is 12.6. The van der Waals surface area contributed by atoms with Crippen molar-refractivity contribution in [2.75, 3.05) is 26.4 Å². The number of fused-ring (bicyclic) bond motifs is 6. The molecule has 12 rings (SSSR count). The molecular weight excluding hydrogens is 1700 g/mol. The minimum absolute atomic E-state index is 0.0666. The molecule has 724 valence electrons. The van der Waals surface area contributed by atoms with E-state index in [1.165, 1.54) is 42.7 Å². The molecule has 2 amide bonds. The fraction of sp³-hybridized carbons (Fsp3) is 0.583. The Balaban J connectivity index is 0.000000233. The average molecular weight is 1840 g/mol. The second-order valence-electron chi connectivity index (χ2n) is 36.1. The number of carboxylic acids is 2. The van der Waals surface area contributed by atoms with Crippen molar-refractivity contribution in [3.05, 3.63) is 190 Å². The fourth-order valence-electron chi connectivity index (χ4n) is 19.0. The lowest BCUT2D eigenvalue weighted by Crippen LogP contribution is -2.41. The lowest BCUT2D eigenvalue weighted by atomic mass is 9.73. The van der Waals surface area contributed by atoms with Crippen molar-refractivity contribution >= 4 is 51.8 Å². The SMILES string of the molecule is CCCCC[C@H](O)CC[C@@H]1[C@H]2Cc3cccc(OCC(=O)NC(C)C(=O)O)c3C[C@H]2C[C@H]1O.CCCCC[C@H](O)CC[C@@H]1[C@H]2Cc3cccc(OCC(=O)NC(C)C(=O)OCc4ccccc4)c3C[C@H]2C[C@H]1O.CCCCC[C@H](O)CC[C@@H]1[C@H]2Cc3cccc(OCC(=O)O)c3C[C@H]2C[C@H]1O.CCOC(C)=O.C[C@H](N)C(=O)OCc1ccccc1.Cc1ccc(S(=O)(=O)O)cc1. The number of nitrogens with one attached hydrogen (secondary N) is 2. The van der Waals surface area contributed by atoms with E-state index in [2.05, 4.69) is 54.3 Å². The first-order valence-corrected chi connectivity index (χ1v) is 48.7. The molecule has 0 spiro atoms. The van der Waals surface area contributed by atoms with E-state index in [0.29, 0.717) is 66.0 Å². The summed E-state index contributed by atoms with van der Waals surface area (Å²) < 4.78 is 61.4. The Morgan fingerprint density at radius 3 is 1.11 bits per heavy atom. The first-order chi connectivity index (χ1) is 62.6. The van der Waals surface area contributed by atoms with Crippen LogP contribution in [0.5, 0.6) is 17.2 Å². The molecule has 3 fully saturated rings. The summed E-state index contributed by atoms with van der Waals surface area (Å²) in [5, 5.41) is 86.3. The quantitative estimate of drug-likeness (QED) is 0.00734. The zero-order valence-electron chi connectivity index (χ0n) is 78.1. The smallest absolute Gasteiger partial charge is 0.341 e. The molecule has 0 aromatic heterocycles. The number of nitrogens with two attached hydrogens (primary N) is 1. The highest BCUT2D eigenvalue weighted by Gasteiger charge is 2.48. The lowest BCUT2D eigenvalue weighted by Gasteiger charge is -2.32. The fourth-order valence-corrected chi connectivity index (χ4v) is 19.5. The number of aliphatic hydroxyl groups is 6. The molecule has 3 saturated carbocycles. The predicted octanol–water partition coefficient (Wildman–Crippen LogP) is 14.3. The van der Waals surface area contributed by atoms with E-state index in [0.717, 1.165) is 207 Å². The molecule has 6 aliphatic rings. The van der Waals surface area contributed by atoms with Crippen molar-refractivity contribution in [2.45, 2.75) is 309 Å². The molecule has 28 heteroatoms. The van der Waals surface area contributed by atoms with Gasteiger partial charge in [-0.3, -0.25) is 28.5 Å². The van der Waals surface area contributed by atoms with Crippen LogP contribution >= 0.6 is 0 Å². The molecule has 0 heterocycles. The van der Waals surface area contributed by atoms with Crippen molar-refractivity contribution in [3.63, 3.8) is 0 Å². The highest BCUT2D eigenvalue weighted by atomic mass is 32.2.